The summed E-state index contributed by atoms with van der Waals surface area (Å²) in [5.41, 5.74) is 4.32. The number of nitrogens with one attached hydrogen (secondary N) is 1. The number of fused-ring (bicyclic) bond motifs is 1. The van der Waals surface area contributed by atoms with Crippen molar-refractivity contribution in [2.75, 3.05) is 6.61 Å². The molecular weight excluding hydrogens is 198 g/mol. The Morgan fingerprint density at radius 1 is 1.50 bits per heavy atom. The first kappa shape index (κ1) is 11.6. The lowest BCUT2D eigenvalue weighted by molar-refractivity contribution is 0.239. The minimum absolute atomic E-state index is 0.170. The summed E-state index contributed by atoms with van der Waals surface area (Å²) < 4.78 is 0. The van der Waals surface area contributed by atoms with E-state index < -0.39 is 0 Å². The van der Waals surface area contributed by atoms with Crippen molar-refractivity contribution >= 4 is 0 Å². The van der Waals surface area contributed by atoms with Crippen LogP contribution in [-0.2, 0) is 0 Å². The summed E-state index contributed by atoms with van der Waals surface area (Å²) >= 11 is 0. The summed E-state index contributed by atoms with van der Waals surface area (Å²) in [6.07, 6.45) is 1.14. The third-order valence-corrected chi connectivity index (χ3v) is 3.57. The van der Waals surface area contributed by atoms with E-state index in [2.05, 4.69) is 37.4 Å². The number of aliphatic hydroxyl groups excluding tert-OH is 1. The molecule has 2 rings (SSSR count). The molecule has 1 aliphatic carbocycles. The van der Waals surface area contributed by atoms with Gasteiger partial charge in [-0.3, -0.25) is 0 Å². The van der Waals surface area contributed by atoms with Crippen molar-refractivity contribution in [3.05, 3.63) is 34.9 Å². The molecule has 1 aromatic carbocycles. The van der Waals surface area contributed by atoms with Gasteiger partial charge in [0.05, 0.1) is 6.61 Å². The summed E-state index contributed by atoms with van der Waals surface area (Å²) in [6.45, 7) is 6.70. The molecule has 1 aromatic rings. The van der Waals surface area contributed by atoms with Crippen LogP contribution in [-0.4, -0.2) is 17.8 Å². The largest absolute Gasteiger partial charge is 0.395 e. The molecule has 0 bridgehead atoms. The van der Waals surface area contributed by atoms with Crippen molar-refractivity contribution in [3.8, 4) is 0 Å². The third kappa shape index (κ3) is 2.00. The Hall–Kier alpha value is -0.860. The van der Waals surface area contributed by atoms with Crippen LogP contribution in [0.4, 0.5) is 0 Å². The average Bonchev–Trinajstić information content (AvgIpc) is 2.57. The highest BCUT2D eigenvalue weighted by molar-refractivity contribution is 5.43. The van der Waals surface area contributed by atoms with Crippen LogP contribution in [0.15, 0.2) is 18.2 Å². The molecule has 2 unspecified atom stereocenters. The maximum absolute atomic E-state index is 9.10. The summed E-state index contributed by atoms with van der Waals surface area (Å²) in [5.74, 6) is 0.625. The molecule has 0 heterocycles. The highest BCUT2D eigenvalue weighted by atomic mass is 16.3. The Kier molecular flexibility index (Phi) is 3.31. The van der Waals surface area contributed by atoms with Gasteiger partial charge in [-0.05, 0) is 42.9 Å². The molecule has 88 valence electrons. The summed E-state index contributed by atoms with van der Waals surface area (Å²) in [5, 5.41) is 12.6. The zero-order valence-electron chi connectivity index (χ0n) is 10.3. The van der Waals surface area contributed by atoms with Crippen LogP contribution in [0.25, 0.3) is 0 Å². The fourth-order valence-electron chi connectivity index (χ4n) is 2.83. The van der Waals surface area contributed by atoms with Crippen LogP contribution in [0.1, 0.15) is 48.9 Å². The van der Waals surface area contributed by atoms with E-state index in [9.17, 15) is 0 Å². The highest BCUT2D eigenvalue weighted by Gasteiger charge is 2.29. The second-order valence-corrected chi connectivity index (χ2v) is 5.02. The van der Waals surface area contributed by atoms with Crippen molar-refractivity contribution in [1.82, 2.24) is 5.32 Å². The van der Waals surface area contributed by atoms with E-state index in [1.54, 1.807) is 0 Å². The number of aryl methyl sites for hydroxylation is 1. The van der Waals surface area contributed by atoms with Gasteiger partial charge in [-0.2, -0.15) is 0 Å². The summed E-state index contributed by atoms with van der Waals surface area (Å²) in [6, 6.07) is 7.11. The fourth-order valence-corrected chi connectivity index (χ4v) is 2.83. The van der Waals surface area contributed by atoms with Crippen LogP contribution < -0.4 is 5.32 Å². The van der Waals surface area contributed by atoms with E-state index in [-0.39, 0.29) is 12.6 Å². The number of hydrogen-bond acceptors (Lipinski definition) is 2. The van der Waals surface area contributed by atoms with E-state index in [0.29, 0.717) is 12.0 Å². The van der Waals surface area contributed by atoms with Gasteiger partial charge in [0.1, 0.15) is 0 Å². The monoisotopic (exact) mass is 219 g/mol. The molecule has 1 aliphatic rings. The number of benzene rings is 1. The number of aliphatic hydroxyl groups is 1. The van der Waals surface area contributed by atoms with Crippen LogP contribution in [0.3, 0.4) is 0 Å². The SMILES string of the molecule is Cc1cccc2c1C(C)CC2N[C@@H](C)CO. The first-order valence-electron chi connectivity index (χ1n) is 6.09. The van der Waals surface area contributed by atoms with E-state index >= 15 is 0 Å². The van der Waals surface area contributed by atoms with Gasteiger partial charge in [-0.1, -0.05) is 25.1 Å². The highest BCUT2D eigenvalue weighted by Crippen LogP contribution is 2.41. The minimum Gasteiger partial charge on any atom is -0.395 e. The zero-order valence-corrected chi connectivity index (χ0v) is 10.3. The van der Waals surface area contributed by atoms with E-state index in [0.717, 1.165) is 6.42 Å². The Morgan fingerprint density at radius 3 is 2.94 bits per heavy atom. The third-order valence-electron chi connectivity index (χ3n) is 3.57. The van der Waals surface area contributed by atoms with Crippen molar-refractivity contribution in [2.24, 2.45) is 0 Å². The maximum atomic E-state index is 9.10. The normalized spacial score (nSPS) is 25.5. The van der Waals surface area contributed by atoms with Crippen molar-refractivity contribution < 1.29 is 5.11 Å². The molecule has 16 heavy (non-hydrogen) atoms. The first-order chi connectivity index (χ1) is 7.63. The fraction of sp³-hybridized carbons (Fsp3) is 0.571. The second kappa shape index (κ2) is 4.56. The standard InChI is InChI=1S/C14H21NO/c1-9-5-4-6-12-13(15-11(3)8-16)7-10(2)14(9)12/h4-6,10-11,13,15-16H,7-8H2,1-3H3/t10?,11-,13?/m0/s1. The Labute approximate surface area is 97.7 Å². The number of rotatable bonds is 3. The molecule has 2 heteroatoms. The Balaban J connectivity index is 2.26. The van der Waals surface area contributed by atoms with Gasteiger partial charge < -0.3 is 10.4 Å². The molecule has 2 nitrogen and oxygen atoms in total. The minimum atomic E-state index is 0.170. The van der Waals surface area contributed by atoms with E-state index in [1.165, 1.54) is 16.7 Å². The van der Waals surface area contributed by atoms with Gasteiger partial charge in [0, 0.05) is 12.1 Å². The van der Waals surface area contributed by atoms with Crippen LogP contribution >= 0.6 is 0 Å². The predicted molar refractivity (Wildman–Crippen MR) is 66.6 cm³/mol. The van der Waals surface area contributed by atoms with Crippen molar-refractivity contribution in [2.45, 2.75) is 45.2 Å². The second-order valence-electron chi connectivity index (χ2n) is 5.02. The Bertz CT molecular complexity index is 375. The van der Waals surface area contributed by atoms with Gasteiger partial charge >= 0.3 is 0 Å². The molecule has 2 N–H and O–H groups in total. The molecule has 0 radical (unpaired) electrons. The molecule has 3 atom stereocenters. The average molecular weight is 219 g/mol. The van der Waals surface area contributed by atoms with Gasteiger partial charge in [-0.15, -0.1) is 0 Å². The van der Waals surface area contributed by atoms with Crippen molar-refractivity contribution in [1.29, 1.82) is 0 Å². The number of hydrogen-bond donors (Lipinski definition) is 2. The first-order valence-corrected chi connectivity index (χ1v) is 6.09. The smallest absolute Gasteiger partial charge is 0.0582 e. The lowest BCUT2D eigenvalue weighted by atomic mass is 9.98. The summed E-state index contributed by atoms with van der Waals surface area (Å²) in [7, 11) is 0. The maximum Gasteiger partial charge on any atom is 0.0582 e. The van der Waals surface area contributed by atoms with Crippen LogP contribution in [0, 0.1) is 6.92 Å². The molecule has 0 fully saturated rings. The molecule has 0 spiro atoms. The van der Waals surface area contributed by atoms with Crippen LogP contribution in [0.2, 0.25) is 0 Å². The lowest BCUT2D eigenvalue weighted by Crippen LogP contribution is -2.32. The van der Waals surface area contributed by atoms with E-state index in [1.807, 2.05) is 6.92 Å². The van der Waals surface area contributed by atoms with Gasteiger partial charge in [0.25, 0.3) is 0 Å². The molecule has 0 amide bonds. The molecule has 0 aliphatic heterocycles. The molecular formula is C14H21NO. The van der Waals surface area contributed by atoms with Crippen molar-refractivity contribution in [3.63, 3.8) is 0 Å². The van der Waals surface area contributed by atoms with Gasteiger partial charge in [0.2, 0.25) is 0 Å². The van der Waals surface area contributed by atoms with Gasteiger partial charge in [0.15, 0.2) is 0 Å². The zero-order chi connectivity index (χ0) is 11.7. The summed E-state index contributed by atoms with van der Waals surface area (Å²) in [4.78, 5) is 0. The lowest BCUT2D eigenvalue weighted by Gasteiger charge is -2.18. The quantitative estimate of drug-likeness (QED) is 0.818. The molecule has 0 saturated carbocycles. The van der Waals surface area contributed by atoms with Gasteiger partial charge in [-0.25, -0.2) is 0 Å². The topological polar surface area (TPSA) is 32.3 Å². The Morgan fingerprint density at radius 2 is 2.25 bits per heavy atom. The van der Waals surface area contributed by atoms with E-state index in [4.69, 9.17) is 5.11 Å². The molecule has 0 aromatic heterocycles. The predicted octanol–water partition coefficient (Wildman–Crippen LogP) is 2.51. The van der Waals surface area contributed by atoms with Crippen LogP contribution in [0.5, 0.6) is 0 Å². The molecule has 0 saturated heterocycles.